The maximum atomic E-state index is 13.6. The van der Waals surface area contributed by atoms with Gasteiger partial charge in [-0.25, -0.2) is 8.42 Å². The molecule has 1 amide bonds. The van der Waals surface area contributed by atoms with Crippen molar-refractivity contribution >= 4 is 15.7 Å². The maximum absolute atomic E-state index is 13.6. The lowest BCUT2D eigenvalue weighted by Crippen LogP contribution is -2.43. The fraction of sp³-hybridized carbons (Fsp3) is 0.630. The summed E-state index contributed by atoms with van der Waals surface area (Å²) in [5.41, 5.74) is 2.33. The van der Waals surface area contributed by atoms with Crippen molar-refractivity contribution in [3.63, 3.8) is 0 Å². The molecule has 4 aliphatic heterocycles. The van der Waals surface area contributed by atoms with Crippen LogP contribution in [0.15, 0.2) is 29.2 Å². The van der Waals surface area contributed by atoms with E-state index in [1.54, 1.807) is 17.0 Å². The zero-order valence-corrected chi connectivity index (χ0v) is 22.3. The van der Waals surface area contributed by atoms with Gasteiger partial charge in [0.2, 0.25) is 0 Å². The number of benzene rings is 1. The maximum Gasteiger partial charge on any atom is 0.274 e. The van der Waals surface area contributed by atoms with Crippen LogP contribution in [0, 0.1) is 0 Å². The largest absolute Gasteiger partial charge is 0.378 e. The Morgan fingerprint density at radius 3 is 2.49 bits per heavy atom. The van der Waals surface area contributed by atoms with Gasteiger partial charge in [0, 0.05) is 43.9 Å². The molecule has 0 spiro atoms. The van der Waals surface area contributed by atoms with Crippen molar-refractivity contribution in [2.45, 2.75) is 48.8 Å². The van der Waals surface area contributed by atoms with Gasteiger partial charge in [0.05, 0.1) is 35.6 Å². The molecule has 0 N–H and O–H groups in total. The third-order valence-electron chi connectivity index (χ3n) is 8.33. The molecular formula is C27H37N5O4S. The Morgan fingerprint density at radius 2 is 1.68 bits per heavy atom. The standard InChI is InChI=1S/C27H37N5O4S/c33-27(31-15-17-36-18-16-31)25-23-20-37(34,35)24-9-3-2-8-22(24)26(23)32(28-25)21-7-6-12-30(19-21)14-13-29-10-4-1-5-11-29/h2-3,8-9,21H,1,4-7,10-20H2/t21-/m0/s1. The average molecular weight is 528 g/mol. The van der Waals surface area contributed by atoms with E-state index in [1.807, 2.05) is 16.8 Å². The molecule has 0 saturated carbocycles. The summed E-state index contributed by atoms with van der Waals surface area (Å²) in [4.78, 5) is 20.8. The molecule has 0 bridgehead atoms. The number of hydrogen-bond donors (Lipinski definition) is 0. The van der Waals surface area contributed by atoms with E-state index in [0.717, 1.165) is 44.7 Å². The number of carbonyl (C=O) groups is 1. The number of likely N-dealkylation sites (tertiary alicyclic amines) is 2. The highest BCUT2D eigenvalue weighted by Gasteiger charge is 2.39. The molecule has 1 atom stereocenters. The second kappa shape index (κ2) is 10.5. The molecule has 200 valence electrons. The van der Waals surface area contributed by atoms with E-state index in [0.29, 0.717) is 48.0 Å². The average Bonchev–Trinajstić information content (AvgIpc) is 3.31. The first kappa shape index (κ1) is 25.0. The second-order valence-corrected chi connectivity index (χ2v) is 12.7. The van der Waals surface area contributed by atoms with Crippen LogP contribution < -0.4 is 0 Å². The summed E-state index contributed by atoms with van der Waals surface area (Å²) in [6.07, 6.45) is 5.96. The second-order valence-electron chi connectivity index (χ2n) is 10.8. The minimum absolute atomic E-state index is 0.101. The third-order valence-corrected chi connectivity index (χ3v) is 10.0. The van der Waals surface area contributed by atoms with Gasteiger partial charge in [-0.3, -0.25) is 14.4 Å². The van der Waals surface area contributed by atoms with Crippen LogP contribution in [-0.4, -0.2) is 104 Å². The van der Waals surface area contributed by atoms with E-state index < -0.39 is 9.84 Å². The number of morpholine rings is 1. The highest BCUT2D eigenvalue weighted by Crippen LogP contribution is 2.41. The lowest BCUT2D eigenvalue weighted by atomic mass is 10.0. The molecule has 9 nitrogen and oxygen atoms in total. The first-order valence-corrected chi connectivity index (χ1v) is 15.4. The molecule has 10 heteroatoms. The first-order valence-electron chi connectivity index (χ1n) is 13.8. The fourth-order valence-electron chi connectivity index (χ4n) is 6.34. The van der Waals surface area contributed by atoms with Gasteiger partial charge in [0.15, 0.2) is 15.5 Å². The van der Waals surface area contributed by atoms with Crippen LogP contribution in [0.3, 0.4) is 0 Å². The van der Waals surface area contributed by atoms with Gasteiger partial charge in [-0.05, 0) is 51.4 Å². The molecule has 3 fully saturated rings. The van der Waals surface area contributed by atoms with Crippen molar-refractivity contribution in [1.29, 1.82) is 0 Å². The highest BCUT2D eigenvalue weighted by atomic mass is 32.2. The molecule has 3 saturated heterocycles. The predicted octanol–water partition coefficient (Wildman–Crippen LogP) is 2.43. The van der Waals surface area contributed by atoms with Crippen LogP contribution in [0.5, 0.6) is 0 Å². The summed E-state index contributed by atoms with van der Waals surface area (Å²) in [6, 6.07) is 7.29. The molecule has 1 aromatic carbocycles. The SMILES string of the molecule is O=C(c1nn([C@H]2CCCN(CCN3CCCCC3)C2)c2c1CS(=O)(=O)c1ccccc1-2)N1CCOCC1. The van der Waals surface area contributed by atoms with Gasteiger partial charge in [0.1, 0.15) is 0 Å². The molecule has 0 radical (unpaired) electrons. The topological polar surface area (TPSA) is 88.0 Å². The minimum atomic E-state index is -3.56. The van der Waals surface area contributed by atoms with Crippen molar-refractivity contribution in [2.75, 3.05) is 65.6 Å². The summed E-state index contributed by atoms with van der Waals surface area (Å²) in [5.74, 6) is -0.374. The van der Waals surface area contributed by atoms with Gasteiger partial charge < -0.3 is 14.5 Å². The van der Waals surface area contributed by atoms with Crippen molar-refractivity contribution in [3.8, 4) is 11.3 Å². The monoisotopic (exact) mass is 527 g/mol. The van der Waals surface area contributed by atoms with Crippen LogP contribution in [-0.2, 0) is 20.3 Å². The van der Waals surface area contributed by atoms with E-state index >= 15 is 0 Å². The summed E-state index contributed by atoms with van der Waals surface area (Å²) < 4.78 is 34.0. The Kier molecular flexibility index (Phi) is 7.09. The highest BCUT2D eigenvalue weighted by molar-refractivity contribution is 7.90. The first-order chi connectivity index (χ1) is 18.0. The van der Waals surface area contributed by atoms with Crippen molar-refractivity contribution in [2.24, 2.45) is 0 Å². The Morgan fingerprint density at radius 1 is 0.946 bits per heavy atom. The van der Waals surface area contributed by atoms with Crippen molar-refractivity contribution < 1.29 is 17.9 Å². The Labute approximate surface area is 219 Å². The Bertz CT molecular complexity index is 1250. The number of piperidine rings is 2. The van der Waals surface area contributed by atoms with Gasteiger partial charge in [0.25, 0.3) is 5.91 Å². The third kappa shape index (κ3) is 4.96. The van der Waals surface area contributed by atoms with Crippen LogP contribution in [0.4, 0.5) is 0 Å². The number of amides is 1. The van der Waals surface area contributed by atoms with E-state index in [1.165, 1.54) is 32.4 Å². The van der Waals surface area contributed by atoms with Gasteiger partial charge >= 0.3 is 0 Å². The van der Waals surface area contributed by atoms with Gasteiger partial charge in [-0.1, -0.05) is 24.6 Å². The lowest BCUT2D eigenvalue weighted by Gasteiger charge is -2.36. The predicted molar refractivity (Wildman–Crippen MR) is 140 cm³/mol. The number of rotatable bonds is 5. The van der Waals surface area contributed by atoms with E-state index in [9.17, 15) is 13.2 Å². The molecular weight excluding hydrogens is 490 g/mol. The summed E-state index contributed by atoms with van der Waals surface area (Å²) in [6.45, 7) is 8.42. The van der Waals surface area contributed by atoms with Gasteiger partial charge in [-0.2, -0.15) is 5.10 Å². The lowest BCUT2D eigenvalue weighted by molar-refractivity contribution is 0.0297. The number of aromatic nitrogens is 2. The van der Waals surface area contributed by atoms with Crippen LogP contribution in [0.25, 0.3) is 11.3 Å². The number of hydrogen-bond acceptors (Lipinski definition) is 7. The quantitative estimate of drug-likeness (QED) is 0.590. The van der Waals surface area contributed by atoms with Gasteiger partial charge in [-0.15, -0.1) is 0 Å². The number of carbonyl (C=O) groups excluding carboxylic acids is 1. The molecule has 2 aromatic rings. The molecule has 6 rings (SSSR count). The van der Waals surface area contributed by atoms with Crippen LogP contribution in [0.1, 0.15) is 54.2 Å². The summed E-state index contributed by atoms with van der Waals surface area (Å²) in [5, 5.41) is 4.92. The van der Waals surface area contributed by atoms with E-state index in [4.69, 9.17) is 9.84 Å². The van der Waals surface area contributed by atoms with E-state index in [-0.39, 0.29) is 17.7 Å². The summed E-state index contributed by atoms with van der Waals surface area (Å²) in [7, 11) is -3.56. The zero-order chi connectivity index (χ0) is 25.4. The smallest absolute Gasteiger partial charge is 0.274 e. The van der Waals surface area contributed by atoms with Crippen molar-refractivity contribution in [3.05, 3.63) is 35.5 Å². The van der Waals surface area contributed by atoms with Crippen molar-refractivity contribution in [1.82, 2.24) is 24.5 Å². The summed E-state index contributed by atoms with van der Waals surface area (Å²) >= 11 is 0. The number of ether oxygens (including phenoxy) is 1. The number of fused-ring (bicyclic) bond motifs is 3. The molecule has 37 heavy (non-hydrogen) atoms. The molecule has 4 aliphatic rings. The minimum Gasteiger partial charge on any atom is -0.378 e. The van der Waals surface area contributed by atoms with Crippen LogP contribution >= 0.6 is 0 Å². The normalized spacial score (nSPS) is 24.4. The number of nitrogens with zero attached hydrogens (tertiary/aromatic N) is 5. The van der Waals surface area contributed by atoms with E-state index in [2.05, 4.69) is 9.80 Å². The molecule has 1 aromatic heterocycles. The fourth-order valence-corrected chi connectivity index (χ4v) is 7.94. The van der Waals surface area contributed by atoms with Crippen LogP contribution in [0.2, 0.25) is 0 Å². The Balaban J connectivity index is 1.33. The molecule has 0 unspecified atom stereocenters. The zero-order valence-electron chi connectivity index (χ0n) is 21.5. The molecule has 0 aliphatic carbocycles. The Hall–Kier alpha value is -2.27. The molecule has 5 heterocycles. The number of sulfone groups is 1.